The fraction of sp³-hybridized carbons (Fsp3) is 0.188. The molecular formula is C16H18N2O3S. The van der Waals surface area contributed by atoms with E-state index in [1.807, 2.05) is 13.0 Å². The normalized spacial score (nSPS) is 11.0. The SMILES string of the molecule is CC(=O)Nc1ccc(NS(=O)(=O)c2cc(C)ccc2C)cc1. The van der Waals surface area contributed by atoms with E-state index in [9.17, 15) is 13.2 Å². The standard InChI is InChI=1S/C16H18N2O3S/c1-11-4-5-12(2)16(10-11)22(20,21)18-15-8-6-14(7-9-15)17-13(3)19/h4-10,18H,1-3H3,(H,17,19). The lowest BCUT2D eigenvalue weighted by Crippen LogP contribution is -2.14. The molecule has 0 aliphatic carbocycles. The predicted octanol–water partition coefficient (Wildman–Crippen LogP) is 3.06. The highest BCUT2D eigenvalue weighted by Crippen LogP contribution is 2.21. The van der Waals surface area contributed by atoms with Gasteiger partial charge in [-0.05, 0) is 55.3 Å². The van der Waals surface area contributed by atoms with Crippen LogP contribution in [0.1, 0.15) is 18.1 Å². The van der Waals surface area contributed by atoms with Crippen molar-refractivity contribution < 1.29 is 13.2 Å². The van der Waals surface area contributed by atoms with E-state index in [-0.39, 0.29) is 10.8 Å². The molecule has 0 fully saturated rings. The Morgan fingerprint density at radius 2 is 1.55 bits per heavy atom. The number of sulfonamides is 1. The Balaban J connectivity index is 2.25. The first-order valence-electron chi connectivity index (χ1n) is 6.76. The van der Waals surface area contributed by atoms with Crippen LogP contribution in [-0.4, -0.2) is 14.3 Å². The fourth-order valence-electron chi connectivity index (χ4n) is 2.03. The molecule has 2 N–H and O–H groups in total. The van der Waals surface area contributed by atoms with Gasteiger partial charge in [-0.2, -0.15) is 0 Å². The van der Waals surface area contributed by atoms with Crippen LogP contribution in [0.2, 0.25) is 0 Å². The van der Waals surface area contributed by atoms with Crippen LogP contribution in [-0.2, 0) is 14.8 Å². The zero-order valence-electron chi connectivity index (χ0n) is 12.7. The highest BCUT2D eigenvalue weighted by molar-refractivity contribution is 7.92. The van der Waals surface area contributed by atoms with Crippen molar-refractivity contribution in [2.24, 2.45) is 0 Å². The molecular weight excluding hydrogens is 300 g/mol. The average molecular weight is 318 g/mol. The van der Waals surface area contributed by atoms with Gasteiger partial charge in [0.15, 0.2) is 0 Å². The number of anilines is 2. The van der Waals surface area contributed by atoms with Crippen molar-refractivity contribution in [3.8, 4) is 0 Å². The van der Waals surface area contributed by atoms with Crippen molar-refractivity contribution >= 4 is 27.3 Å². The monoisotopic (exact) mass is 318 g/mol. The van der Waals surface area contributed by atoms with Crippen LogP contribution in [0.4, 0.5) is 11.4 Å². The van der Waals surface area contributed by atoms with Crippen molar-refractivity contribution in [1.29, 1.82) is 0 Å². The van der Waals surface area contributed by atoms with Gasteiger partial charge in [0.05, 0.1) is 4.90 Å². The van der Waals surface area contributed by atoms with Crippen LogP contribution in [0.5, 0.6) is 0 Å². The first-order chi connectivity index (χ1) is 10.3. The van der Waals surface area contributed by atoms with Crippen LogP contribution in [0, 0.1) is 13.8 Å². The van der Waals surface area contributed by atoms with E-state index in [1.54, 1.807) is 43.3 Å². The van der Waals surface area contributed by atoms with Crippen LogP contribution in [0.25, 0.3) is 0 Å². The highest BCUT2D eigenvalue weighted by atomic mass is 32.2. The molecule has 1 amide bonds. The Morgan fingerprint density at radius 1 is 0.955 bits per heavy atom. The zero-order valence-corrected chi connectivity index (χ0v) is 13.5. The summed E-state index contributed by atoms with van der Waals surface area (Å²) in [5, 5.41) is 2.63. The predicted molar refractivity (Wildman–Crippen MR) is 87.5 cm³/mol. The summed E-state index contributed by atoms with van der Waals surface area (Å²) in [5.41, 5.74) is 2.62. The van der Waals surface area contributed by atoms with Gasteiger partial charge >= 0.3 is 0 Å². The van der Waals surface area contributed by atoms with Gasteiger partial charge in [0.1, 0.15) is 0 Å². The van der Waals surface area contributed by atoms with E-state index in [1.165, 1.54) is 6.92 Å². The van der Waals surface area contributed by atoms with E-state index in [4.69, 9.17) is 0 Å². The Kier molecular flexibility index (Phi) is 4.51. The highest BCUT2D eigenvalue weighted by Gasteiger charge is 2.17. The zero-order chi connectivity index (χ0) is 16.3. The molecule has 5 nitrogen and oxygen atoms in total. The maximum absolute atomic E-state index is 12.5. The second kappa shape index (κ2) is 6.19. The van der Waals surface area contributed by atoms with Crippen molar-refractivity contribution in [3.63, 3.8) is 0 Å². The van der Waals surface area contributed by atoms with Crippen molar-refractivity contribution in [3.05, 3.63) is 53.6 Å². The van der Waals surface area contributed by atoms with Gasteiger partial charge in [0, 0.05) is 18.3 Å². The number of benzene rings is 2. The molecule has 0 radical (unpaired) electrons. The maximum Gasteiger partial charge on any atom is 0.262 e. The van der Waals surface area contributed by atoms with E-state index in [0.29, 0.717) is 16.9 Å². The molecule has 2 rings (SSSR count). The number of carbonyl (C=O) groups excluding carboxylic acids is 1. The van der Waals surface area contributed by atoms with Gasteiger partial charge in [-0.1, -0.05) is 12.1 Å². The topological polar surface area (TPSA) is 75.3 Å². The number of hydrogen-bond donors (Lipinski definition) is 2. The third-order valence-corrected chi connectivity index (χ3v) is 4.61. The maximum atomic E-state index is 12.5. The number of hydrogen-bond acceptors (Lipinski definition) is 3. The Bertz CT molecular complexity index is 797. The van der Waals surface area contributed by atoms with E-state index in [2.05, 4.69) is 10.0 Å². The first-order valence-corrected chi connectivity index (χ1v) is 8.24. The summed E-state index contributed by atoms with van der Waals surface area (Å²) in [4.78, 5) is 11.2. The molecule has 0 atom stereocenters. The largest absolute Gasteiger partial charge is 0.326 e. The summed E-state index contributed by atoms with van der Waals surface area (Å²) < 4.78 is 27.5. The third kappa shape index (κ3) is 3.85. The van der Waals surface area contributed by atoms with Gasteiger partial charge in [-0.3, -0.25) is 9.52 Å². The molecule has 0 heterocycles. The lowest BCUT2D eigenvalue weighted by atomic mass is 10.2. The Morgan fingerprint density at radius 3 is 2.14 bits per heavy atom. The molecule has 116 valence electrons. The van der Waals surface area contributed by atoms with E-state index in [0.717, 1.165) is 5.56 Å². The summed E-state index contributed by atoms with van der Waals surface area (Å²) in [6, 6.07) is 11.8. The second-order valence-corrected chi connectivity index (χ2v) is 6.78. The lowest BCUT2D eigenvalue weighted by molar-refractivity contribution is -0.114. The van der Waals surface area contributed by atoms with Crippen LogP contribution in [0.3, 0.4) is 0 Å². The summed E-state index contributed by atoms with van der Waals surface area (Å²) >= 11 is 0. The minimum atomic E-state index is -3.64. The molecule has 0 aliphatic rings. The lowest BCUT2D eigenvalue weighted by Gasteiger charge is -2.11. The molecule has 0 bridgehead atoms. The second-order valence-electron chi connectivity index (χ2n) is 5.13. The van der Waals surface area contributed by atoms with Gasteiger partial charge in [0.2, 0.25) is 5.91 Å². The van der Waals surface area contributed by atoms with Crippen LogP contribution in [0.15, 0.2) is 47.4 Å². The Hall–Kier alpha value is -2.34. The van der Waals surface area contributed by atoms with Crippen LogP contribution < -0.4 is 10.0 Å². The molecule has 0 saturated heterocycles. The van der Waals surface area contributed by atoms with Crippen LogP contribution >= 0.6 is 0 Å². The number of nitrogens with one attached hydrogen (secondary N) is 2. The number of rotatable bonds is 4. The van der Waals surface area contributed by atoms with Crippen molar-refractivity contribution in [2.75, 3.05) is 10.0 Å². The van der Waals surface area contributed by atoms with Gasteiger partial charge in [-0.25, -0.2) is 8.42 Å². The molecule has 0 spiro atoms. The molecule has 0 aliphatic heterocycles. The number of aryl methyl sites for hydroxylation is 2. The minimum Gasteiger partial charge on any atom is -0.326 e. The molecule has 0 aromatic heterocycles. The Labute approximate surface area is 130 Å². The molecule has 0 saturated carbocycles. The van der Waals surface area contributed by atoms with E-state index < -0.39 is 10.0 Å². The molecule has 2 aromatic rings. The molecule has 6 heteroatoms. The summed E-state index contributed by atoms with van der Waals surface area (Å²) in [7, 11) is -3.64. The molecule has 0 unspecified atom stereocenters. The van der Waals surface area contributed by atoms with Crippen molar-refractivity contribution in [1.82, 2.24) is 0 Å². The quantitative estimate of drug-likeness (QED) is 0.909. The molecule has 22 heavy (non-hydrogen) atoms. The first kappa shape index (κ1) is 16.0. The summed E-state index contributed by atoms with van der Waals surface area (Å²) in [5.74, 6) is -0.177. The van der Waals surface area contributed by atoms with E-state index >= 15 is 0 Å². The number of carbonyl (C=O) groups is 1. The summed E-state index contributed by atoms with van der Waals surface area (Å²) in [6.45, 7) is 5.02. The fourth-order valence-corrected chi connectivity index (χ4v) is 3.42. The van der Waals surface area contributed by atoms with Gasteiger partial charge in [-0.15, -0.1) is 0 Å². The molecule has 2 aromatic carbocycles. The third-order valence-electron chi connectivity index (χ3n) is 3.09. The van der Waals surface area contributed by atoms with Gasteiger partial charge < -0.3 is 5.32 Å². The van der Waals surface area contributed by atoms with Crippen molar-refractivity contribution in [2.45, 2.75) is 25.7 Å². The number of amides is 1. The smallest absolute Gasteiger partial charge is 0.262 e. The minimum absolute atomic E-state index is 0.177. The van der Waals surface area contributed by atoms with Gasteiger partial charge in [0.25, 0.3) is 10.0 Å². The summed E-state index contributed by atoms with van der Waals surface area (Å²) in [6.07, 6.45) is 0. The average Bonchev–Trinajstić information content (AvgIpc) is 2.43.